The number of amides is 1. The van der Waals surface area contributed by atoms with Gasteiger partial charge in [-0.25, -0.2) is 10.4 Å². The van der Waals surface area contributed by atoms with Crippen molar-refractivity contribution >= 4 is 34.4 Å². The number of nitrogens with zero attached hydrogens (tertiary/aromatic N) is 3. The Bertz CT molecular complexity index is 1080. The third-order valence-electron chi connectivity index (χ3n) is 3.84. The molecule has 5 nitrogen and oxygen atoms in total. The number of rotatable bonds is 4. The minimum absolute atomic E-state index is 0.272. The predicted octanol–water partition coefficient (Wildman–Crippen LogP) is 4.12. The Morgan fingerprint density at radius 3 is 2.73 bits per heavy atom. The fourth-order valence-electron chi connectivity index (χ4n) is 2.61. The first-order valence-corrected chi connectivity index (χ1v) is 8.86. The Kier molecular flexibility index (Phi) is 4.49. The van der Waals surface area contributed by atoms with Crippen LogP contribution in [-0.2, 0) is 0 Å². The van der Waals surface area contributed by atoms with E-state index in [4.69, 9.17) is 0 Å². The van der Waals surface area contributed by atoms with Crippen LogP contribution in [0.4, 0.5) is 0 Å². The van der Waals surface area contributed by atoms with E-state index in [0.29, 0.717) is 5.56 Å². The predicted molar refractivity (Wildman–Crippen MR) is 104 cm³/mol. The van der Waals surface area contributed by atoms with Gasteiger partial charge in [-0.15, -0.1) is 11.3 Å². The molecule has 3 heterocycles. The van der Waals surface area contributed by atoms with Crippen molar-refractivity contribution in [3.63, 3.8) is 0 Å². The monoisotopic (exact) mass is 358 g/mol. The van der Waals surface area contributed by atoms with Gasteiger partial charge < -0.3 is 0 Å². The molecule has 126 valence electrons. The second-order valence-electron chi connectivity index (χ2n) is 5.52. The molecule has 0 fully saturated rings. The Hall–Kier alpha value is -3.38. The summed E-state index contributed by atoms with van der Waals surface area (Å²) in [6.07, 6.45) is 5.05. The molecule has 4 aromatic rings. The van der Waals surface area contributed by atoms with Crippen LogP contribution in [0.15, 0.2) is 77.5 Å². The SMILES string of the molecule is O=C(NN=Cc1cccs1)c1cc(-c2ccncc2)nc2ccccc12. The van der Waals surface area contributed by atoms with Crippen LogP contribution >= 0.6 is 11.3 Å². The van der Waals surface area contributed by atoms with Crippen LogP contribution in [0.5, 0.6) is 0 Å². The summed E-state index contributed by atoms with van der Waals surface area (Å²) in [6.45, 7) is 0. The van der Waals surface area contributed by atoms with Gasteiger partial charge >= 0.3 is 0 Å². The second kappa shape index (κ2) is 7.25. The largest absolute Gasteiger partial charge is 0.272 e. The molecule has 1 aromatic carbocycles. The average molecular weight is 358 g/mol. The molecule has 3 aromatic heterocycles. The molecule has 0 aliphatic heterocycles. The van der Waals surface area contributed by atoms with Crippen LogP contribution in [-0.4, -0.2) is 22.1 Å². The topological polar surface area (TPSA) is 67.2 Å². The fraction of sp³-hybridized carbons (Fsp3) is 0. The summed E-state index contributed by atoms with van der Waals surface area (Å²) in [5.41, 5.74) is 5.52. The summed E-state index contributed by atoms with van der Waals surface area (Å²) in [5, 5.41) is 6.80. The summed E-state index contributed by atoms with van der Waals surface area (Å²) in [4.78, 5) is 22.4. The van der Waals surface area contributed by atoms with Crippen LogP contribution in [0, 0.1) is 0 Å². The first-order valence-electron chi connectivity index (χ1n) is 7.98. The molecule has 4 rings (SSSR count). The molecule has 0 aliphatic rings. The molecular formula is C20H14N4OS. The number of hydrogen-bond donors (Lipinski definition) is 1. The highest BCUT2D eigenvalue weighted by molar-refractivity contribution is 7.11. The number of fused-ring (bicyclic) bond motifs is 1. The normalized spacial score (nSPS) is 11.1. The number of carbonyl (C=O) groups is 1. The van der Waals surface area contributed by atoms with Gasteiger partial charge in [0.2, 0.25) is 0 Å². The molecule has 0 saturated heterocycles. The lowest BCUT2D eigenvalue weighted by atomic mass is 10.0. The quantitative estimate of drug-likeness (QED) is 0.441. The molecule has 6 heteroatoms. The minimum atomic E-state index is -0.272. The molecule has 0 atom stereocenters. The molecule has 0 bridgehead atoms. The van der Waals surface area contributed by atoms with Gasteiger partial charge in [0.1, 0.15) is 0 Å². The van der Waals surface area contributed by atoms with E-state index in [9.17, 15) is 4.79 Å². The van der Waals surface area contributed by atoms with E-state index in [1.807, 2.05) is 53.9 Å². The number of thiophene rings is 1. The average Bonchev–Trinajstić information content (AvgIpc) is 3.21. The van der Waals surface area contributed by atoms with Crippen LogP contribution in [0.3, 0.4) is 0 Å². The van der Waals surface area contributed by atoms with Crippen molar-refractivity contribution in [2.45, 2.75) is 0 Å². The molecule has 0 aliphatic carbocycles. The summed E-state index contributed by atoms with van der Waals surface area (Å²) in [6, 6.07) is 17.0. The zero-order valence-electron chi connectivity index (χ0n) is 13.7. The number of benzene rings is 1. The number of carbonyl (C=O) groups excluding carboxylic acids is 1. The van der Waals surface area contributed by atoms with Gasteiger partial charge in [0, 0.05) is 28.2 Å². The standard InChI is InChI=1S/C20H14N4OS/c25-20(24-22-13-15-4-3-11-26-15)17-12-19(14-7-9-21-10-8-14)23-18-6-2-1-5-16(17)18/h1-13H,(H,24,25). The fourth-order valence-corrected chi connectivity index (χ4v) is 3.20. The van der Waals surface area contributed by atoms with E-state index >= 15 is 0 Å². The Morgan fingerprint density at radius 2 is 1.92 bits per heavy atom. The summed E-state index contributed by atoms with van der Waals surface area (Å²) >= 11 is 1.56. The van der Waals surface area contributed by atoms with Gasteiger partial charge in [0.25, 0.3) is 5.91 Å². The van der Waals surface area contributed by atoms with E-state index in [2.05, 4.69) is 20.5 Å². The molecule has 1 amide bonds. The summed E-state index contributed by atoms with van der Waals surface area (Å²) in [5.74, 6) is -0.272. The number of nitrogens with one attached hydrogen (secondary N) is 1. The lowest BCUT2D eigenvalue weighted by Gasteiger charge is -2.08. The Balaban J connectivity index is 1.72. The molecule has 26 heavy (non-hydrogen) atoms. The third-order valence-corrected chi connectivity index (χ3v) is 4.64. The molecule has 0 unspecified atom stereocenters. The highest BCUT2D eigenvalue weighted by atomic mass is 32.1. The number of para-hydroxylation sites is 1. The van der Waals surface area contributed by atoms with E-state index < -0.39 is 0 Å². The lowest BCUT2D eigenvalue weighted by molar-refractivity contribution is 0.0957. The van der Waals surface area contributed by atoms with Crippen LogP contribution in [0.25, 0.3) is 22.2 Å². The first-order chi connectivity index (χ1) is 12.8. The second-order valence-corrected chi connectivity index (χ2v) is 6.50. The van der Waals surface area contributed by atoms with E-state index in [0.717, 1.165) is 27.0 Å². The highest BCUT2D eigenvalue weighted by Gasteiger charge is 2.13. The molecule has 0 saturated carbocycles. The smallest absolute Gasteiger partial charge is 0.267 e. The zero-order chi connectivity index (χ0) is 17.8. The number of hydrogen-bond acceptors (Lipinski definition) is 5. The third kappa shape index (κ3) is 3.36. The minimum Gasteiger partial charge on any atom is -0.267 e. The van der Waals surface area contributed by atoms with Crippen molar-refractivity contribution in [2.24, 2.45) is 5.10 Å². The van der Waals surface area contributed by atoms with Crippen molar-refractivity contribution in [2.75, 3.05) is 0 Å². The maximum absolute atomic E-state index is 12.7. The Morgan fingerprint density at radius 1 is 1.08 bits per heavy atom. The Labute approximate surface area is 154 Å². The van der Waals surface area contributed by atoms with Crippen LogP contribution < -0.4 is 5.43 Å². The summed E-state index contributed by atoms with van der Waals surface area (Å²) in [7, 11) is 0. The van der Waals surface area contributed by atoms with Gasteiger partial charge in [-0.2, -0.15) is 5.10 Å². The number of pyridine rings is 2. The van der Waals surface area contributed by atoms with Crippen molar-refractivity contribution in [1.82, 2.24) is 15.4 Å². The van der Waals surface area contributed by atoms with E-state index in [1.165, 1.54) is 0 Å². The molecular weight excluding hydrogens is 344 g/mol. The van der Waals surface area contributed by atoms with Crippen molar-refractivity contribution in [1.29, 1.82) is 0 Å². The maximum atomic E-state index is 12.7. The van der Waals surface area contributed by atoms with Crippen LogP contribution in [0.2, 0.25) is 0 Å². The van der Waals surface area contributed by atoms with Crippen LogP contribution in [0.1, 0.15) is 15.2 Å². The molecule has 0 spiro atoms. The van der Waals surface area contributed by atoms with Gasteiger partial charge in [-0.05, 0) is 35.7 Å². The molecule has 1 N–H and O–H groups in total. The number of hydrazone groups is 1. The summed E-state index contributed by atoms with van der Waals surface area (Å²) < 4.78 is 0. The van der Waals surface area contributed by atoms with Gasteiger partial charge in [0.05, 0.1) is 23.0 Å². The van der Waals surface area contributed by atoms with Gasteiger partial charge in [-0.1, -0.05) is 24.3 Å². The van der Waals surface area contributed by atoms with Gasteiger partial charge in [-0.3, -0.25) is 9.78 Å². The molecule has 0 radical (unpaired) electrons. The van der Waals surface area contributed by atoms with Crippen molar-refractivity contribution in [3.05, 3.63) is 82.8 Å². The van der Waals surface area contributed by atoms with Crippen molar-refractivity contribution < 1.29 is 4.79 Å². The van der Waals surface area contributed by atoms with Crippen molar-refractivity contribution in [3.8, 4) is 11.3 Å². The first kappa shape index (κ1) is 16.1. The maximum Gasteiger partial charge on any atom is 0.272 e. The van der Waals surface area contributed by atoms with E-state index in [-0.39, 0.29) is 5.91 Å². The van der Waals surface area contributed by atoms with Gasteiger partial charge in [0.15, 0.2) is 0 Å². The zero-order valence-corrected chi connectivity index (χ0v) is 14.5. The highest BCUT2D eigenvalue weighted by Crippen LogP contribution is 2.24. The van der Waals surface area contributed by atoms with E-state index in [1.54, 1.807) is 36.0 Å². The lowest BCUT2D eigenvalue weighted by Crippen LogP contribution is -2.18. The number of aromatic nitrogens is 2.